The molecule has 1 heterocycles. The third-order valence-electron chi connectivity index (χ3n) is 1.41. The van der Waals surface area contributed by atoms with Crippen LogP contribution in [0.1, 0.15) is 33.4 Å². The molecule has 1 rings (SSSR count). The summed E-state index contributed by atoms with van der Waals surface area (Å²) in [5.74, 6) is 0. The van der Waals surface area contributed by atoms with Crippen molar-refractivity contribution in [3.05, 3.63) is 23.0 Å². The Morgan fingerprint density at radius 2 is 1.62 bits per heavy atom. The fraction of sp³-hybridized carbons (Fsp3) is 0.545. The summed E-state index contributed by atoms with van der Waals surface area (Å²) in [6, 6.07) is 1.40. The highest BCUT2D eigenvalue weighted by molar-refractivity contribution is 7.90. The Morgan fingerprint density at radius 3 is 1.94 bits per heavy atom. The maximum absolute atomic E-state index is 11.1. The second kappa shape index (κ2) is 8.53. The van der Waals surface area contributed by atoms with Crippen molar-refractivity contribution in [1.29, 1.82) is 0 Å². The van der Waals surface area contributed by atoms with Gasteiger partial charge in [-0.2, -0.15) is 0 Å². The van der Waals surface area contributed by atoms with Crippen LogP contribution in [0.3, 0.4) is 0 Å². The van der Waals surface area contributed by atoms with E-state index in [1.165, 1.54) is 12.3 Å². The third kappa shape index (κ3) is 6.08. The molecule has 1 aromatic rings. The fourth-order valence-electron chi connectivity index (χ4n) is 0.864. The minimum absolute atomic E-state index is 0.190. The van der Waals surface area contributed by atoms with Crippen molar-refractivity contribution in [3.8, 4) is 0 Å². The van der Waals surface area contributed by atoms with Crippen LogP contribution in [-0.2, 0) is 9.84 Å². The van der Waals surface area contributed by atoms with Crippen LogP contribution in [0.4, 0.5) is 0 Å². The first-order valence-corrected chi connectivity index (χ1v) is 7.50. The average Bonchev–Trinajstić information content (AvgIpc) is 2.26. The predicted molar refractivity (Wildman–Crippen MR) is 69.8 cm³/mol. The van der Waals surface area contributed by atoms with Crippen molar-refractivity contribution in [3.63, 3.8) is 0 Å². The number of pyridine rings is 1. The highest BCUT2D eigenvalue weighted by atomic mass is 35.5. The van der Waals surface area contributed by atoms with Crippen molar-refractivity contribution >= 4 is 21.4 Å². The summed E-state index contributed by atoms with van der Waals surface area (Å²) in [7, 11) is -3.20. The van der Waals surface area contributed by atoms with E-state index in [1.807, 2.05) is 27.7 Å². The largest absolute Gasteiger partial charge is 0.259 e. The van der Waals surface area contributed by atoms with E-state index in [1.54, 1.807) is 6.92 Å². The molecule has 0 aliphatic heterocycles. The molecule has 0 fully saturated rings. The molecular weight excluding hydrogens is 246 g/mol. The number of hydrogen-bond acceptors (Lipinski definition) is 3. The topological polar surface area (TPSA) is 47.0 Å². The fourth-order valence-corrected chi connectivity index (χ4v) is 2.02. The van der Waals surface area contributed by atoms with E-state index in [4.69, 9.17) is 11.6 Å². The number of halogens is 1. The van der Waals surface area contributed by atoms with Gasteiger partial charge >= 0.3 is 0 Å². The lowest BCUT2D eigenvalue weighted by Gasteiger charge is -2.01. The van der Waals surface area contributed by atoms with Gasteiger partial charge in [0.15, 0.2) is 9.84 Å². The molecule has 0 saturated carbocycles. The quantitative estimate of drug-likeness (QED) is 0.781. The summed E-state index contributed by atoms with van der Waals surface area (Å²) in [5.41, 5.74) is 0.474. The molecule has 0 spiro atoms. The van der Waals surface area contributed by atoms with Crippen LogP contribution in [0.2, 0.25) is 5.02 Å². The second-order valence-electron chi connectivity index (χ2n) is 2.51. The normalized spacial score (nSPS) is 9.44. The van der Waals surface area contributed by atoms with Gasteiger partial charge in [-0.15, -0.1) is 0 Å². The Hall–Kier alpha value is -0.610. The molecule has 3 nitrogen and oxygen atoms in total. The standard InChI is InChI=1S/C7H8ClNO2S.2C2H6/c1-5-7(12(2,10)11)3-6(8)4-9-5;2*1-2/h3-4H,1-2H3;2*1-2H3. The van der Waals surface area contributed by atoms with Gasteiger partial charge < -0.3 is 0 Å². The highest BCUT2D eigenvalue weighted by Gasteiger charge is 2.11. The first-order chi connectivity index (χ1) is 7.41. The van der Waals surface area contributed by atoms with Crippen molar-refractivity contribution in [2.24, 2.45) is 0 Å². The maximum Gasteiger partial charge on any atom is 0.177 e. The molecule has 0 aliphatic carbocycles. The molecule has 0 saturated heterocycles. The lowest BCUT2D eigenvalue weighted by molar-refractivity contribution is 0.600. The van der Waals surface area contributed by atoms with Crippen LogP contribution in [0, 0.1) is 6.92 Å². The first kappa shape index (κ1) is 17.8. The maximum atomic E-state index is 11.1. The number of hydrogen-bond donors (Lipinski definition) is 0. The molecule has 0 unspecified atom stereocenters. The van der Waals surface area contributed by atoms with Gasteiger partial charge in [-0.25, -0.2) is 8.42 Å². The smallest absolute Gasteiger partial charge is 0.177 e. The van der Waals surface area contributed by atoms with E-state index in [-0.39, 0.29) is 4.90 Å². The summed E-state index contributed by atoms with van der Waals surface area (Å²) < 4.78 is 22.2. The van der Waals surface area contributed by atoms with Gasteiger partial charge in [0.25, 0.3) is 0 Å². The summed E-state index contributed by atoms with van der Waals surface area (Å²) >= 11 is 5.60. The van der Waals surface area contributed by atoms with E-state index < -0.39 is 9.84 Å². The van der Waals surface area contributed by atoms with Crippen LogP contribution in [0.15, 0.2) is 17.2 Å². The highest BCUT2D eigenvalue weighted by Crippen LogP contribution is 2.17. The Bertz CT molecular complexity index is 402. The van der Waals surface area contributed by atoms with Gasteiger partial charge in [-0.1, -0.05) is 39.3 Å². The van der Waals surface area contributed by atoms with Gasteiger partial charge in [0, 0.05) is 12.5 Å². The Kier molecular flexibility index (Phi) is 9.48. The zero-order valence-electron chi connectivity index (χ0n) is 10.7. The second-order valence-corrected chi connectivity index (χ2v) is 4.93. The molecular formula is C11H20ClNO2S. The number of aromatic nitrogens is 1. The lowest BCUT2D eigenvalue weighted by atomic mass is 10.4. The van der Waals surface area contributed by atoms with Crippen molar-refractivity contribution in [2.45, 2.75) is 39.5 Å². The van der Waals surface area contributed by atoms with E-state index in [9.17, 15) is 8.42 Å². The molecule has 0 radical (unpaired) electrons. The van der Waals surface area contributed by atoms with Gasteiger partial charge in [0.05, 0.1) is 15.6 Å². The Morgan fingerprint density at radius 1 is 1.19 bits per heavy atom. The van der Waals surface area contributed by atoms with Crippen molar-refractivity contribution in [2.75, 3.05) is 6.26 Å². The predicted octanol–water partition coefficient (Wildman–Crippen LogP) is 3.50. The summed E-state index contributed by atoms with van der Waals surface area (Å²) in [4.78, 5) is 4.02. The molecule has 94 valence electrons. The SMILES string of the molecule is CC.CC.Cc1ncc(Cl)cc1S(C)(=O)=O. The summed E-state index contributed by atoms with van der Waals surface area (Å²) in [5, 5.41) is 0.334. The van der Waals surface area contributed by atoms with E-state index in [2.05, 4.69) is 4.98 Å². The minimum atomic E-state index is -3.20. The van der Waals surface area contributed by atoms with Crippen molar-refractivity contribution < 1.29 is 8.42 Å². The average molecular weight is 266 g/mol. The van der Waals surface area contributed by atoms with E-state index in [0.717, 1.165) is 6.26 Å². The first-order valence-electron chi connectivity index (χ1n) is 5.23. The monoisotopic (exact) mass is 265 g/mol. The third-order valence-corrected chi connectivity index (χ3v) is 2.83. The molecule has 0 atom stereocenters. The molecule has 0 bridgehead atoms. The zero-order valence-corrected chi connectivity index (χ0v) is 12.3. The van der Waals surface area contributed by atoms with E-state index >= 15 is 0 Å². The van der Waals surface area contributed by atoms with Crippen LogP contribution in [0.5, 0.6) is 0 Å². The number of rotatable bonds is 1. The van der Waals surface area contributed by atoms with Gasteiger partial charge in [-0.3, -0.25) is 4.98 Å². The number of aryl methyl sites for hydroxylation is 1. The molecule has 16 heavy (non-hydrogen) atoms. The molecule has 0 aliphatic rings. The van der Waals surface area contributed by atoms with Crippen LogP contribution in [-0.4, -0.2) is 19.7 Å². The lowest BCUT2D eigenvalue weighted by Crippen LogP contribution is -2.01. The van der Waals surface area contributed by atoms with Crippen molar-refractivity contribution in [1.82, 2.24) is 4.98 Å². The minimum Gasteiger partial charge on any atom is -0.259 e. The molecule has 0 N–H and O–H groups in total. The molecule has 5 heteroatoms. The summed E-state index contributed by atoms with van der Waals surface area (Å²) in [6.45, 7) is 9.63. The Balaban J connectivity index is 0. The summed E-state index contributed by atoms with van der Waals surface area (Å²) in [6.07, 6.45) is 2.55. The van der Waals surface area contributed by atoms with Gasteiger partial charge in [-0.05, 0) is 13.0 Å². The molecule has 0 amide bonds. The van der Waals surface area contributed by atoms with Crippen LogP contribution < -0.4 is 0 Å². The molecule has 1 aromatic heterocycles. The number of sulfone groups is 1. The molecule has 0 aromatic carbocycles. The van der Waals surface area contributed by atoms with E-state index in [0.29, 0.717) is 10.7 Å². The zero-order chi connectivity index (χ0) is 13.4. The number of nitrogens with zero attached hydrogens (tertiary/aromatic N) is 1. The van der Waals surface area contributed by atoms with Gasteiger partial charge in [0.2, 0.25) is 0 Å². The van der Waals surface area contributed by atoms with Gasteiger partial charge in [0.1, 0.15) is 0 Å². The van der Waals surface area contributed by atoms with Crippen LogP contribution >= 0.6 is 11.6 Å². The Labute approximate surface area is 104 Å². The van der Waals surface area contributed by atoms with Crippen LogP contribution in [0.25, 0.3) is 0 Å².